The van der Waals surface area contributed by atoms with Crippen LogP contribution in [0.5, 0.6) is 0 Å². The molecule has 0 fully saturated rings. The van der Waals surface area contributed by atoms with E-state index in [0.29, 0.717) is 11.5 Å². The zero-order chi connectivity index (χ0) is 18.7. The molecule has 2 aromatic carbocycles. The molecule has 1 amide bonds. The van der Waals surface area contributed by atoms with Gasteiger partial charge in [0.1, 0.15) is 0 Å². The quantitative estimate of drug-likeness (QED) is 0.738. The van der Waals surface area contributed by atoms with Crippen molar-refractivity contribution in [3.05, 3.63) is 77.6 Å². The molecule has 3 aromatic rings. The number of nitrogens with zero attached hydrogens (tertiary/aromatic N) is 2. The van der Waals surface area contributed by atoms with Crippen LogP contribution in [0, 0.1) is 6.92 Å². The Labute approximate surface area is 147 Å². The molecule has 1 aromatic heterocycles. The summed E-state index contributed by atoms with van der Waals surface area (Å²) in [6.45, 7) is 1.68. The number of rotatable bonds is 3. The van der Waals surface area contributed by atoms with Crippen LogP contribution in [-0.2, 0) is 6.18 Å². The lowest BCUT2D eigenvalue weighted by Gasteiger charge is -2.10. The highest BCUT2D eigenvalue weighted by molar-refractivity contribution is 6.04. The van der Waals surface area contributed by atoms with Gasteiger partial charge < -0.3 is 5.32 Å². The third-order valence-corrected chi connectivity index (χ3v) is 3.73. The average Bonchev–Trinajstić information content (AvgIpc) is 2.62. The Morgan fingerprint density at radius 2 is 1.65 bits per heavy atom. The first-order chi connectivity index (χ1) is 12.3. The van der Waals surface area contributed by atoms with Crippen molar-refractivity contribution in [3.8, 4) is 11.4 Å². The van der Waals surface area contributed by atoms with Crippen molar-refractivity contribution >= 4 is 11.6 Å². The highest BCUT2D eigenvalue weighted by Crippen LogP contribution is 2.30. The number of hydrogen-bond donors (Lipinski definition) is 1. The van der Waals surface area contributed by atoms with Gasteiger partial charge in [-0.05, 0) is 31.2 Å². The van der Waals surface area contributed by atoms with Crippen LogP contribution in [0.25, 0.3) is 11.4 Å². The molecule has 0 radical (unpaired) electrons. The molecule has 7 heteroatoms. The summed E-state index contributed by atoms with van der Waals surface area (Å²) in [5.41, 5.74) is 1.04. The monoisotopic (exact) mass is 357 g/mol. The summed E-state index contributed by atoms with van der Waals surface area (Å²) in [7, 11) is 0. The summed E-state index contributed by atoms with van der Waals surface area (Å²) in [5.74, 6) is 0.0102. The third-order valence-electron chi connectivity index (χ3n) is 3.73. The zero-order valence-corrected chi connectivity index (χ0v) is 13.7. The van der Waals surface area contributed by atoms with Crippen molar-refractivity contribution in [1.29, 1.82) is 0 Å². The number of amides is 1. The van der Waals surface area contributed by atoms with Crippen LogP contribution < -0.4 is 5.32 Å². The van der Waals surface area contributed by atoms with Crippen LogP contribution >= 0.6 is 0 Å². The molecule has 0 aliphatic heterocycles. The lowest BCUT2D eigenvalue weighted by molar-refractivity contribution is -0.137. The van der Waals surface area contributed by atoms with Gasteiger partial charge >= 0.3 is 6.18 Å². The van der Waals surface area contributed by atoms with Crippen LogP contribution in [0.4, 0.5) is 18.9 Å². The molecule has 3 rings (SSSR count). The fourth-order valence-corrected chi connectivity index (χ4v) is 2.36. The van der Waals surface area contributed by atoms with E-state index >= 15 is 0 Å². The molecule has 1 N–H and O–H groups in total. The number of hydrogen-bond acceptors (Lipinski definition) is 3. The van der Waals surface area contributed by atoms with Gasteiger partial charge in [0.15, 0.2) is 5.82 Å². The molecule has 0 saturated carbocycles. The molecule has 0 unspecified atom stereocenters. The second-order valence-corrected chi connectivity index (χ2v) is 5.59. The second-order valence-electron chi connectivity index (χ2n) is 5.59. The minimum absolute atomic E-state index is 0.254. The largest absolute Gasteiger partial charge is 0.416 e. The van der Waals surface area contributed by atoms with E-state index in [1.165, 1.54) is 18.3 Å². The molecular formula is C19H14F3N3O. The van der Waals surface area contributed by atoms with E-state index in [1.807, 2.05) is 30.3 Å². The average molecular weight is 357 g/mol. The van der Waals surface area contributed by atoms with Crippen molar-refractivity contribution in [1.82, 2.24) is 9.97 Å². The first-order valence-corrected chi connectivity index (χ1v) is 7.72. The minimum atomic E-state index is -4.42. The summed E-state index contributed by atoms with van der Waals surface area (Å²) in [4.78, 5) is 20.9. The summed E-state index contributed by atoms with van der Waals surface area (Å²) in [6, 6.07) is 13.5. The van der Waals surface area contributed by atoms with E-state index in [0.717, 1.165) is 17.7 Å². The van der Waals surface area contributed by atoms with Gasteiger partial charge in [0, 0.05) is 17.4 Å². The molecule has 0 bridgehead atoms. The van der Waals surface area contributed by atoms with Gasteiger partial charge in [-0.2, -0.15) is 13.2 Å². The van der Waals surface area contributed by atoms with Gasteiger partial charge in [0.2, 0.25) is 0 Å². The number of alkyl halides is 3. The van der Waals surface area contributed by atoms with E-state index in [1.54, 1.807) is 6.92 Å². The normalized spacial score (nSPS) is 11.2. The number of aromatic nitrogens is 2. The summed E-state index contributed by atoms with van der Waals surface area (Å²) >= 11 is 0. The first kappa shape index (κ1) is 17.6. The van der Waals surface area contributed by atoms with E-state index < -0.39 is 17.6 Å². The van der Waals surface area contributed by atoms with Gasteiger partial charge in [0.05, 0.1) is 16.8 Å². The molecule has 1 heterocycles. The molecule has 0 spiro atoms. The van der Waals surface area contributed by atoms with E-state index in [2.05, 4.69) is 15.3 Å². The number of carbonyl (C=O) groups excluding carboxylic acids is 1. The standard InChI is InChI=1S/C19H14F3N3O/c1-12-16(11-23-17(24-12)13-5-3-2-4-6-13)18(26)25-15-9-7-14(8-10-15)19(20,21)22/h2-11H,1H3,(H,25,26). The van der Waals surface area contributed by atoms with Crippen LogP contribution in [0.15, 0.2) is 60.8 Å². The highest BCUT2D eigenvalue weighted by atomic mass is 19.4. The topological polar surface area (TPSA) is 54.9 Å². The van der Waals surface area contributed by atoms with Crippen LogP contribution in [0.2, 0.25) is 0 Å². The molecule has 0 aliphatic rings. The van der Waals surface area contributed by atoms with Crippen molar-refractivity contribution in [2.24, 2.45) is 0 Å². The van der Waals surface area contributed by atoms with Gasteiger partial charge in [-0.3, -0.25) is 4.79 Å². The zero-order valence-electron chi connectivity index (χ0n) is 13.7. The Morgan fingerprint density at radius 3 is 2.23 bits per heavy atom. The van der Waals surface area contributed by atoms with Gasteiger partial charge in [-0.15, -0.1) is 0 Å². The Kier molecular flexibility index (Phi) is 4.71. The molecule has 0 aliphatic carbocycles. The maximum Gasteiger partial charge on any atom is 0.416 e. The molecule has 0 atom stereocenters. The summed E-state index contributed by atoms with van der Waals surface area (Å²) < 4.78 is 37.7. The summed E-state index contributed by atoms with van der Waals surface area (Å²) in [6.07, 6.45) is -3.01. The SMILES string of the molecule is Cc1nc(-c2ccccc2)ncc1C(=O)Nc1ccc(C(F)(F)F)cc1. The van der Waals surface area contributed by atoms with Crippen LogP contribution in [0.1, 0.15) is 21.6 Å². The number of aryl methyl sites for hydroxylation is 1. The number of anilines is 1. The number of halogens is 3. The molecule has 0 saturated heterocycles. The highest BCUT2D eigenvalue weighted by Gasteiger charge is 2.30. The fourth-order valence-electron chi connectivity index (χ4n) is 2.36. The van der Waals surface area contributed by atoms with E-state index in [4.69, 9.17) is 0 Å². The van der Waals surface area contributed by atoms with Gasteiger partial charge in [0.25, 0.3) is 5.91 Å². The lowest BCUT2D eigenvalue weighted by atomic mass is 10.1. The maximum absolute atomic E-state index is 12.6. The second kappa shape index (κ2) is 6.95. The molecular weight excluding hydrogens is 343 g/mol. The Balaban J connectivity index is 1.78. The Bertz CT molecular complexity index is 923. The van der Waals surface area contributed by atoms with Crippen LogP contribution in [0.3, 0.4) is 0 Å². The van der Waals surface area contributed by atoms with Gasteiger partial charge in [-0.1, -0.05) is 30.3 Å². The summed E-state index contributed by atoms with van der Waals surface area (Å²) in [5, 5.41) is 2.55. The van der Waals surface area contributed by atoms with Gasteiger partial charge in [-0.25, -0.2) is 9.97 Å². The van der Waals surface area contributed by atoms with Crippen molar-refractivity contribution < 1.29 is 18.0 Å². The van der Waals surface area contributed by atoms with Crippen molar-refractivity contribution in [3.63, 3.8) is 0 Å². The molecule has 132 valence electrons. The molecule has 4 nitrogen and oxygen atoms in total. The van der Waals surface area contributed by atoms with Crippen LogP contribution in [-0.4, -0.2) is 15.9 Å². The third kappa shape index (κ3) is 3.88. The predicted molar refractivity (Wildman–Crippen MR) is 91.6 cm³/mol. The lowest BCUT2D eigenvalue weighted by Crippen LogP contribution is -2.15. The Hall–Kier alpha value is -3.22. The Morgan fingerprint density at radius 1 is 1.00 bits per heavy atom. The first-order valence-electron chi connectivity index (χ1n) is 7.72. The van der Waals surface area contributed by atoms with Crippen molar-refractivity contribution in [2.75, 3.05) is 5.32 Å². The maximum atomic E-state index is 12.6. The number of nitrogens with one attached hydrogen (secondary N) is 1. The fraction of sp³-hybridized carbons (Fsp3) is 0.105. The minimum Gasteiger partial charge on any atom is -0.322 e. The smallest absolute Gasteiger partial charge is 0.322 e. The van der Waals surface area contributed by atoms with E-state index in [9.17, 15) is 18.0 Å². The number of benzene rings is 2. The predicted octanol–water partition coefficient (Wildman–Crippen LogP) is 4.72. The van der Waals surface area contributed by atoms with E-state index in [-0.39, 0.29) is 11.3 Å². The molecule has 26 heavy (non-hydrogen) atoms. The van der Waals surface area contributed by atoms with Crippen molar-refractivity contribution in [2.45, 2.75) is 13.1 Å². The number of carbonyl (C=O) groups is 1.